The van der Waals surface area contributed by atoms with Gasteiger partial charge in [0.2, 0.25) is 5.43 Å². The first-order valence-corrected chi connectivity index (χ1v) is 8.03. The number of fused-ring (bicyclic) bond motifs is 1. The number of hydrogen-bond acceptors (Lipinski definition) is 4. The molecule has 6 nitrogen and oxygen atoms in total. The predicted octanol–water partition coefficient (Wildman–Crippen LogP) is 2.27. The van der Waals surface area contributed by atoms with E-state index < -0.39 is 34.1 Å². The van der Waals surface area contributed by atoms with Crippen molar-refractivity contribution in [2.45, 2.75) is 31.3 Å². The van der Waals surface area contributed by atoms with Crippen LogP contribution in [0.3, 0.4) is 0 Å². The second-order valence-corrected chi connectivity index (χ2v) is 7.24. The number of pyridine rings is 1. The maximum absolute atomic E-state index is 15.2. The van der Waals surface area contributed by atoms with Gasteiger partial charge in [-0.2, -0.15) is 0 Å². The van der Waals surface area contributed by atoms with Crippen molar-refractivity contribution < 1.29 is 18.7 Å². The van der Waals surface area contributed by atoms with Gasteiger partial charge in [-0.05, 0) is 25.8 Å². The van der Waals surface area contributed by atoms with E-state index in [1.165, 1.54) is 15.7 Å². The van der Waals surface area contributed by atoms with Crippen LogP contribution in [0.15, 0.2) is 17.1 Å². The third-order valence-electron chi connectivity index (χ3n) is 4.77. The topological polar surface area (TPSA) is 88.6 Å². The molecule has 0 bridgehead atoms. The maximum Gasteiger partial charge on any atom is 0.341 e. The molecule has 140 valence electrons. The first-order chi connectivity index (χ1) is 11.7. The summed E-state index contributed by atoms with van der Waals surface area (Å²) in [6.45, 7) is 2.39. The minimum absolute atomic E-state index is 0. The molecule has 0 unspecified atom stereocenters. The number of nitrogens with two attached hydrogens (primary N) is 1. The van der Waals surface area contributed by atoms with Gasteiger partial charge in [0.25, 0.3) is 0 Å². The van der Waals surface area contributed by atoms with Crippen molar-refractivity contribution in [2.24, 2.45) is 5.73 Å². The normalized spacial score (nSPS) is 18.4. The highest BCUT2D eigenvalue weighted by molar-refractivity contribution is 5.94. The van der Waals surface area contributed by atoms with Crippen molar-refractivity contribution in [1.82, 2.24) is 4.57 Å². The van der Waals surface area contributed by atoms with Gasteiger partial charge in [0, 0.05) is 30.9 Å². The third kappa shape index (κ3) is 2.73. The summed E-state index contributed by atoms with van der Waals surface area (Å²) >= 11 is 0. The molecule has 1 saturated heterocycles. The van der Waals surface area contributed by atoms with Gasteiger partial charge >= 0.3 is 5.97 Å². The highest BCUT2D eigenvalue weighted by Gasteiger charge is 2.39. The molecule has 2 heterocycles. The molecule has 2 aliphatic rings. The largest absolute Gasteiger partial charge is 0.477 e. The van der Waals surface area contributed by atoms with Crippen LogP contribution in [0.1, 0.15) is 36.2 Å². The molecule has 9 heteroatoms. The zero-order valence-corrected chi connectivity index (χ0v) is 14.8. The molecular formula is C17H18ClF2N3O3. The van der Waals surface area contributed by atoms with E-state index in [2.05, 4.69) is 0 Å². The maximum atomic E-state index is 15.2. The number of carboxylic acids is 1. The van der Waals surface area contributed by atoms with Crippen molar-refractivity contribution in [3.63, 3.8) is 0 Å². The Morgan fingerprint density at radius 3 is 2.46 bits per heavy atom. The minimum atomic E-state index is -1.41. The average molecular weight is 386 g/mol. The zero-order valence-electron chi connectivity index (χ0n) is 14.0. The van der Waals surface area contributed by atoms with E-state index in [0.717, 1.165) is 18.9 Å². The summed E-state index contributed by atoms with van der Waals surface area (Å²) in [5, 5.41) is 8.97. The lowest BCUT2D eigenvalue weighted by Crippen LogP contribution is -2.66. The molecule has 2 aromatic rings. The van der Waals surface area contributed by atoms with Crippen LogP contribution in [0, 0.1) is 11.6 Å². The molecule has 1 aliphatic carbocycles. The van der Waals surface area contributed by atoms with E-state index in [1.807, 2.05) is 0 Å². The third-order valence-corrected chi connectivity index (χ3v) is 4.77. The standard InChI is InChI=1S/C17H17F2N3O3.ClH/c1-17(20)6-21(7-17)14-11(18)4-9-13(12(14)19)22(8-2-3-8)5-10(15(9)23)16(24)25;/h4-5,8H,2-3,6-7,20H2,1H3,(H,24,25);1H. The van der Waals surface area contributed by atoms with Crippen LogP contribution in [0.25, 0.3) is 10.9 Å². The Balaban J connectivity index is 0.00000196. The van der Waals surface area contributed by atoms with Crippen LogP contribution in [0.4, 0.5) is 14.5 Å². The fourth-order valence-electron chi connectivity index (χ4n) is 3.50. The fraction of sp³-hybridized carbons (Fsp3) is 0.412. The number of carboxylic acid groups (broad SMARTS) is 1. The lowest BCUT2D eigenvalue weighted by molar-refractivity contribution is 0.0694. The van der Waals surface area contributed by atoms with Crippen LogP contribution in [-0.2, 0) is 0 Å². The molecule has 1 aliphatic heterocycles. The van der Waals surface area contributed by atoms with Crippen molar-refractivity contribution in [1.29, 1.82) is 0 Å². The Morgan fingerprint density at radius 1 is 1.35 bits per heavy atom. The lowest BCUT2D eigenvalue weighted by atomic mass is 9.92. The molecule has 1 aromatic heterocycles. The highest BCUT2D eigenvalue weighted by atomic mass is 35.5. The first kappa shape index (κ1) is 18.6. The molecule has 0 atom stereocenters. The fourth-order valence-corrected chi connectivity index (χ4v) is 3.50. The Hall–Kier alpha value is -2.19. The number of benzene rings is 1. The number of hydrogen-bond donors (Lipinski definition) is 2. The summed E-state index contributed by atoms with van der Waals surface area (Å²) in [6.07, 6.45) is 2.68. The Bertz CT molecular complexity index is 978. The minimum Gasteiger partial charge on any atom is -0.477 e. The highest BCUT2D eigenvalue weighted by Crippen LogP contribution is 2.40. The van der Waals surface area contributed by atoms with Gasteiger partial charge in [0.1, 0.15) is 17.1 Å². The lowest BCUT2D eigenvalue weighted by Gasteiger charge is -2.47. The van der Waals surface area contributed by atoms with Crippen molar-refractivity contribution in [2.75, 3.05) is 18.0 Å². The summed E-state index contributed by atoms with van der Waals surface area (Å²) in [5.41, 5.74) is 3.79. The van der Waals surface area contributed by atoms with Gasteiger partial charge in [0.15, 0.2) is 5.82 Å². The van der Waals surface area contributed by atoms with E-state index in [9.17, 15) is 19.1 Å². The smallest absolute Gasteiger partial charge is 0.341 e. The van der Waals surface area contributed by atoms with Gasteiger partial charge in [-0.3, -0.25) is 4.79 Å². The van der Waals surface area contributed by atoms with Crippen molar-refractivity contribution in [3.05, 3.63) is 39.7 Å². The van der Waals surface area contributed by atoms with Crippen LogP contribution in [0.5, 0.6) is 0 Å². The van der Waals surface area contributed by atoms with E-state index in [1.54, 1.807) is 6.92 Å². The summed E-state index contributed by atoms with van der Waals surface area (Å²) in [4.78, 5) is 25.2. The van der Waals surface area contributed by atoms with E-state index >= 15 is 4.39 Å². The van der Waals surface area contributed by atoms with Gasteiger partial charge in [0.05, 0.1) is 10.9 Å². The number of carbonyl (C=O) groups is 1. The predicted molar refractivity (Wildman–Crippen MR) is 95.4 cm³/mol. The molecule has 2 fully saturated rings. The monoisotopic (exact) mass is 385 g/mol. The quantitative estimate of drug-likeness (QED) is 0.846. The van der Waals surface area contributed by atoms with Gasteiger partial charge in [-0.15, -0.1) is 12.4 Å². The van der Waals surface area contributed by atoms with E-state index in [-0.39, 0.29) is 35.0 Å². The molecule has 26 heavy (non-hydrogen) atoms. The summed E-state index contributed by atoms with van der Waals surface area (Å²) in [7, 11) is 0. The summed E-state index contributed by atoms with van der Waals surface area (Å²) in [5.74, 6) is -3.14. The van der Waals surface area contributed by atoms with E-state index in [0.29, 0.717) is 13.1 Å². The SMILES string of the molecule is CC1(N)CN(c2c(F)cc3c(=O)c(C(=O)O)cn(C4CC4)c3c2F)C1.Cl. The second-order valence-electron chi connectivity index (χ2n) is 7.24. The number of aromatic nitrogens is 1. The van der Waals surface area contributed by atoms with Crippen molar-refractivity contribution in [3.8, 4) is 0 Å². The molecule has 0 amide bonds. The molecule has 4 rings (SSSR count). The first-order valence-electron chi connectivity index (χ1n) is 8.03. The number of halogens is 3. The van der Waals surface area contributed by atoms with Crippen LogP contribution in [0.2, 0.25) is 0 Å². The molecule has 0 spiro atoms. The molecule has 3 N–H and O–H groups in total. The number of rotatable bonds is 3. The van der Waals surface area contributed by atoms with Crippen molar-refractivity contribution >= 4 is 35.0 Å². The Kier molecular flexibility index (Phi) is 4.23. The van der Waals surface area contributed by atoms with E-state index in [4.69, 9.17) is 5.73 Å². The summed E-state index contributed by atoms with van der Waals surface area (Å²) < 4.78 is 31.2. The van der Waals surface area contributed by atoms with Gasteiger partial charge in [-0.1, -0.05) is 0 Å². The van der Waals surface area contributed by atoms with Gasteiger partial charge < -0.3 is 20.3 Å². The zero-order chi connectivity index (χ0) is 18.1. The second kappa shape index (κ2) is 5.92. The number of aromatic carboxylic acids is 1. The number of anilines is 1. The Morgan fingerprint density at radius 2 is 1.96 bits per heavy atom. The molecular weight excluding hydrogens is 368 g/mol. The van der Waals surface area contributed by atoms with Crippen LogP contribution in [-0.4, -0.2) is 34.3 Å². The van der Waals surface area contributed by atoms with Crippen LogP contribution >= 0.6 is 12.4 Å². The molecule has 1 saturated carbocycles. The van der Waals surface area contributed by atoms with Gasteiger partial charge in [-0.25, -0.2) is 13.6 Å². The average Bonchev–Trinajstić information content (AvgIpc) is 3.30. The van der Waals surface area contributed by atoms with Crippen LogP contribution < -0.4 is 16.1 Å². The molecule has 1 aromatic carbocycles. The number of nitrogens with zero attached hydrogens (tertiary/aromatic N) is 2. The Labute approximate surface area is 153 Å². The summed E-state index contributed by atoms with van der Waals surface area (Å²) in [6, 6.07) is 0.860. The molecule has 0 radical (unpaired) electrons.